The zero-order valence-electron chi connectivity index (χ0n) is 14.1. The molecule has 1 aliphatic rings. The molecule has 6 heteroatoms. The third kappa shape index (κ3) is 4.69. The number of rotatable bonds is 5. The van der Waals surface area contributed by atoms with E-state index in [-0.39, 0.29) is 5.91 Å². The quantitative estimate of drug-likeness (QED) is 0.793. The molecule has 0 aliphatic carbocycles. The summed E-state index contributed by atoms with van der Waals surface area (Å²) < 4.78 is 5.41. The number of hydrogen-bond donors (Lipinski definition) is 1. The second-order valence-electron chi connectivity index (χ2n) is 5.84. The monoisotopic (exact) mass is 376 g/mol. The van der Waals surface area contributed by atoms with Gasteiger partial charge in [-0.15, -0.1) is 11.8 Å². The summed E-state index contributed by atoms with van der Waals surface area (Å²) in [5.74, 6) is 0.324. The number of carbonyl (C=O) groups is 1. The van der Waals surface area contributed by atoms with Crippen molar-refractivity contribution >= 4 is 40.6 Å². The van der Waals surface area contributed by atoms with Gasteiger partial charge in [0.2, 0.25) is 5.91 Å². The number of hydrogen-bond acceptors (Lipinski definition) is 4. The predicted octanol–water partition coefficient (Wildman–Crippen LogP) is 4.22. The Kier molecular flexibility index (Phi) is 6.24. The van der Waals surface area contributed by atoms with Crippen LogP contribution in [0.25, 0.3) is 0 Å². The van der Waals surface area contributed by atoms with Crippen molar-refractivity contribution in [2.45, 2.75) is 11.8 Å². The average Bonchev–Trinajstić information content (AvgIpc) is 2.62. The van der Waals surface area contributed by atoms with Crippen LogP contribution >= 0.6 is 23.4 Å². The lowest BCUT2D eigenvalue weighted by atomic mass is 10.2. The average molecular weight is 377 g/mol. The standard InChI is InChI=1S/C19H21ClN2O2S/c1-14-5-2-3-8-17(14)25-13-18(23)21-16-7-4-6-15(20)19(16)22-9-11-24-12-10-22/h2-8H,9-13H2,1H3,(H,21,23). The molecule has 1 aliphatic heterocycles. The van der Waals surface area contributed by atoms with E-state index in [4.69, 9.17) is 16.3 Å². The minimum atomic E-state index is -0.0370. The lowest BCUT2D eigenvalue weighted by molar-refractivity contribution is -0.113. The number of benzene rings is 2. The van der Waals surface area contributed by atoms with Gasteiger partial charge < -0.3 is 15.0 Å². The summed E-state index contributed by atoms with van der Waals surface area (Å²) >= 11 is 7.94. The van der Waals surface area contributed by atoms with Crippen LogP contribution in [0, 0.1) is 6.92 Å². The molecule has 25 heavy (non-hydrogen) atoms. The van der Waals surface area contributed by atoms with Crippen LogP contribution in [0.5, 0.6) is 0 Å². The fraction of sp³-hybridized carbons (Fsp3) is 0.316. The zero-order valence-corrected chi connectivity index (χ0v) is 15.7. The van der Waals surface area contributed by atoms with E-state index >= 15 is 0 Å². The largest absolute Gasteiger partial charge is 0.378 e. The maximum atomic E-state index is 12.4. The number of nitrogens with zero attached hydrogens (tertiary/aromatic N) is 1. The van der Waals surface area contributed by atoms with E-state index in [1.54, 1.807) is 11.8 Å². The molecule has 0 atom stereocenters. The lowest BCUT2D eigenvalue weighted by Crippen LogP contribution is -2.37. The van der Waals surface area contributed by atoms with Gasteiger partial charge in [0.15, 0.2) is 0 Å². The van der Waals surface area contributed by atoms with Crippen molar-refractivity contribution in [3.8, 4) is 0 Å². The van der Waals surface area contributed by atoms with Crippen molar-refractivity contribution in [1.82, 2.24) is 0 Å². The Morgan fingerprint density at radius 1 is 1.20 bits per heavy atom. The molecule has 0 aromatic heterocycles. The second-order valence-corrected chi connectivity index (χ2v) is 7.26. The Morgan fingerprint density at radius 3 is 2.72 bits per heavy atom. The van der Waals surface area contributed by atoms with Crippen molar-refractivity contribution in [2.24, 2.45) is 0 Å². The van der Waals surface area contributed by atoms with E-state index in [1.165, 1.54) is 5.56 Å². The first-order valence-corrected chi connectivity index (χ1v) is 9.61. The van der Waals surface area contributed by atoms with Crippen LogP contribution in [0.1, 0.15) is 5.56 Å². The van der Waals surface area contributed by atoms with Gasteiger partial charge in [0.25, 0.3) is 0 Å². The number of anilines is 2. The number of halogens is 1. The van der Waals surface area contributed by atoms with Gasteiger partial charge in [0, 0.05) is 18.0 Å². The minimum Gasteiger partial charge on any atom is -0.378 e. The Hall–Kier alpha value is -1.69. The highest BCUT2D eigenvalue weighted by atomic mass is 35.5. The number of nitrogens with one attached hydrogen (secondary N) is 1. The first-order valence-electron chi connectivity index (χ1n) is 8.24. The van der Waals surface area contributed by atoms with Gasteiger partial charge in [-0.25, -0.2) is 0 Å². The van der Waals surface area contributed by atoms with Gasteiger partial charge in [-0.2, -0.15) is 0 Å². The molecule has 0 unspecified atom stereocenters. The summed E-state index contributed by atoms with van der Waals surface area (Å²) in [5, 5.41) is 3.66. The molecule has 1 saturated heterocycles. The Balaban J connectivity index is 1.68. The summed E-state index contributed by atoms with van der Waals surface area (Å²) in [7, 11) is 0. The van der Waals surface area contributed by atoms with Crippen LogP contribution < -0.4 is 10.2 Å². The van der Waals surface area contributed by atoms with E-state index in [0.717, 1.165) is 29.4 Å². The molecule has 1 N–H and O–H groups in total. The van der Waals surface area contributed by atoms with E-state index in [2.05, 4.69) is 10.2 Å². The van der Waals surface area contributed by atoms with Gasteiger partial charge >= 0.3 is 0 Å². The third-order valence-electron chi connectivity index (χ3n) is 4.04. The van der Waals surface area contributed by atoms with E-state index < -0.39 is 0 Å². The summed E-state index contributed by atoms with van der Waals surface area (Å²) in [6.07, 6.45) is 0. The summed E-state index contributed by atoms with van der Waals surface area (Å²) in [4.78, 5) is 15.7. The fourth-order valence-electron chi connectivity index (χ4n) is 2.77. The highest BCUT2D eigenvalue weighted by Gasteiger charge is 2.19. The van der Waals surface area contributed by atoms with Crippen LogP contribution in [0.3, 0.4) is 0 Å². The van der Waals surface area contributed by atoms with Gasteiger partial charge in [-0.05, 0) is 30.7 Å². The normalized spacial score (nSPS) is 14.4. The molecule has 1 amide bonds. The highest BCUT2D eigenvalue weighted by Crippen LogP contribution is 2.34. The molecular weight excluding hydrogens is 356 g/mol. The topological polar surface area (TPSA) is 41.6 Å². The molecule has 1 fully saturated rings. The molecule has 2 aromatic rings. The summed E-state index contributed by atoms with van der Waals surface area (Å²) in [5.41, 5.74) is 2.81. The van der Waals surface area contributed by atoms with E-state index in [9.17, 15) is 4.79 Å². The predicted molar refractivity (Wildman–Crippen MR) is 105 cm³/mol. The highest BCUT2D eigenvalue weighted by molar-refractivity contribution is 8.00. The van der Waals surface area contributed by atoms with Crippen molar-refractivity contribution in [3.63, 3.8) is 0 Å². The molecule has 4 nitrogen and oxygen atoms in total. The number of thioether (sulfide) groups is 1. The van der Waals surface area contributed by atoms with Crippen LogP contribution in [-0.2, 0) is 9.53 Å². The maximum Gasteiger partial charge on any atom is 0.234 e. The van der Waals surface area contributed by atoms with Gasteiger partial charge in [-0.3, -0.25) is 4.79 Å². The molecule has 0 bridgehead atoms. The Morgan fingerprint density at radius 2 is 1.96 bits per heavy atom. The van der Waals surface area contributed by atoms with Gasteiger partial charge in [0.05, 0.1) is 35.4 Å². The van der Waals surface area contributed by atoms with E-state index in [0.29, 0.717) is 24.0 Å². The lowest BCUT2D eigenvalue weighted by Gasteiger charge is -2.31. The molecule has 3 rings (SSSR count). The van der Waals surface area contributed by atoms with Gasteiger partial charge in [-0.1, -0.05) is 35.9 Å². The molecule has 0 spiro atoms. The first kappa shape index (κ1) is 18.1. The molecule has 132 valence electrons. The number of aryl methyl sites for hydroxylation is 1. The van der Waals surface area contributed by atoms with Crippen molar-refractivity contribution in [2.75, 3.05) is 42.3 Å². The van der Waals surface area contributed by atoms with Crippen molar-refractivity contribution < 1.29 is 9.53 Å². The number of morpholine rings is 1. The van der Waals surface area contributed by atoms with Crippen LogP contribution in [-0.4, -0.2) is 38.0 Å². The summed E-state index contributed by atoms with van der Waals surface area (Å²) in [6, 6.07) is 13.7. The Bertz CT molecular complexity index is 748. The molecule has 0 saturated carbocycles. The van der Waals surface area contributed by atoms with E-state index in [1.807, 2.05) is 49.4 Å². The van der Waals surface area contributed by atoms with Crippen molar-refractivity contribution in [3.05, 3.63) is 53.1 Å². The first-order chi connectivity index (χ1) is 12.1. The smallest absolute Gasteiger partial charge is 0.234 e. The van der Waals surface area contributed by atoms with Crippen LogP contribution in [0.4, 0.5) is 11.4 Å². The minimum absolute atomic E-state index is 0.0370. The zero-order chi connectivity index (χ0) is 17.6. The third-order valence-corrected chi connectivity index (χ3v) is 5.52. The number of ether oxygens (including phenoxy) is 1. The summed E-state index contributed by atoms with van der Waals surface area (Å²) in [6.45, 7) is 4.92. The Labute approximate surface area is 157 Å². The number of amides is 1. The molecular formula is C19H21ClN2O2S. The number of carbonyl (C=O) groups excluding carboxylic acids is 1. The fourth-order valence-corrected chi connectivity index (χ4v) is 3.90. The van der Waals surface area contributed by atoms with Crippen LogP contribution in [0.2, 0.25) is 5.02 Å². The second kappa shape index (κ2) is 8.61. The molecule has 2 aromatic carbocycles. The number of para-hydroxylation sites is 1. The molecule has 1 heterocycles. The van der Waals surface area contributed by atoms with Crippen LogP contribution in [0.15, 0.2) is 47.4 Å². The maximum absolute atomic E-state index is 12.4. The SMILES string of the molecule is Cc1ccccc1SCC(=O)Nc1cccc(Cl)c1N1CCOCC1. The molecule has 0 radical (unpaired) electrons. The van der Waals surface area contributed by atoms with Crippen molar-refractivity contribution in [1.29, 1.82) is 0 Å². The van der Waals surface area contributed by atoms with Gasteiger partial charge in [0.1, 0.15) is 0 Å².